The van der Waals surface area contributed by atoms with E-state index in [1.807, 2.05) is 19.1 Å². The van der Waals surface area contributed by atoms with Gasteiger partial charge in [0.05, 0.1) is 12.6 Å². The maximum Gasteiger partial charge on any atom is 0.268 e. The Labute approximate surface area is 149 Å². The van der Waals surface area contributed by atoms with E-state index in [1.165, 1.54) is 0 Å². The Hall–Kier alpha value is -3.28. The van der Waals surface area contributed by atoms with Gasteiger partial charge in [-0.3, -0.25) is 9.59 Å². The Kier molecular flexibility index (Phi) is 3.68. The molecule has 26 heavy (non-hydrogen) atoms. The first-order valence-electron chi connectivity index (χ1n) is 8.35. The molecule has 2 N–H and O–H groups in total. The number of aromatic nitrogens is 1. The zero-order valence-corrected chi connectivity index (χ0v) is 14.4. The summed E-state index contributed by atoms with van der Waals surface area (Å²) in [6, 6.07) is 12.2. The molecule has 3 aromatic rings. The molecule has 6 heteroatoms. The van der Waals surface area contributed by atoms with Gasteiger partial charge in [0.25, 0.3) is 11.5 Å². The lowest BCUT2D eigenvalue weighted by Crippen LogP contribution is -2.30. The zero-order valence-electron chi connectivity index (χ0n) is 14.4. The predicted molar refractivity (Wildman–Crippen MR) is 99.2 cm³/mol. The van der Waals surface area contributed by atoms with Gasteiger partial charge in [-0.25, -0.2) is 0 Å². The summed E-state index contributed by atoms with van der Waals surface area (Å²) in [6.45, 7) is 1.93. The van der Waals surface area contributed by atoms with Crippen LogP contribution in [-0.4, -0.2) is 22.7 Å². The zero-order chi connectivity index (χ0) is 18.4. The van der Waals surface area contributed by atoms with E-state index in [1.54, 1.807) is 42.0 Å². The minimum atomic E-state index is -0.632. The number of carbonyl (C=O) groups is 1. The topological polar surface area (TPSA) is 80.6 Å². The molecule has 0 saturated carbocycles. The van der Waals surface area contributed by atoms with Crippen LogP contribution in [0.2, 0.25) is 0 Å². The molecule has 4 rings (SSSR count). The van der Waals surface area contributed by atoms with Crippen molar-refractivity contribution in [1.29, 1.82) is 0 Å². The molecular weight excluding hydrogens is 332 g/mol. The number of carbonyl (C=O) groups excluding carboxylic acids is 1. The van der Waals surface area contributed by atoms with E-state index in [2.05, 4.69) is 5.32 Å². The van der Waals surface area contributed by atoms with Gasteiger partial charge in [0.2, 0.25) is 0 Å². The summed E-state index contributed by atoms with van der Waals surface area (Å²) in [4.78, 5) is 25.7. The van der Waals surface area contributed by atoms with Crippen LogP contribution in [0.25, 0.3) is 10.9 Å². The van der Waals surface area contributed by atoms with Crippen molar-refractivity contribution in [3.8, 4) is 11.5 Å². The summed E-state index contributed by atoms with van der Waals surface area (Å²) in [5, 5.41) is 13.8. The van der Waals surface area contributed by atoms with Crippen LogP contribution in [0.15, 0.2) is 47.3 Å². The van der Waals surface area contributed by atoms with Gasteiger partial charge in [-0.05, 0) is 49.2 Å². The number of nitrogens with one attached hydrogen (secondary N) is 1. The van der Waals surface area contributed by atoms with Gasteiger partial charge in [-0.1, -0.05) is 12.1 Å². The molecule has 0 bridgehead atoms. The van der Waals surface area contributed by atoms with Crippen molar-refractivity contribution in [2.75, 3.05) is 12.4 Å². The van der Waals surface area contributed by atoms with E-state index >= 15 is 0 Å². The fourth-order valence-electron chi connectivity index (χ4n) is 3.59. The van der Waals surface area contributed by atoms with Crippen LogP contribution in [0.3, 0.4) is 0 Å². The molecule has 0 aliphatic carbocycles. The number of hydrogen-bond donors (Lipinski definition) is 2. The number of para-hydroxylation sites is 1. The maximum atomic E-state index is 12.9. The molecule has 0 spiro atoms. The van der Waals surface area contributed by atoms with Crippen molar-refractivity contribution in [2.45, 2.75) is 19.4 Å². The van der Waals surface area contributed by atoms with Crippen LogP contribution in [0.4, 0.5) is 5.69 Å². The van der Waals surface area contributed by atoms with Crippen LogP contribution in [0.5, 0.6) is 11.5 Å². The first-order valence-corrected chi connectivity index (χ1v) is 8.35. The largest absolute Gasteiger partial charge is 0.506 e. The lowest BCUT2D eigenvalue weighted by atomic mass is 10.1. The van der Waals surface area contributed by atoms with E-state index in [0.717, 1.165) is 5.56 Å². The van der Waals surface area contributed by atoms with E-state index in [9.17, 15) is 14.7 Å². The number of anilines is 1. The molecule has 1 aliphatic heterocycles. The third-order valence-corrected chi connectivity index (χ3v) is 4.82. The van der Waals surface area contributed by atoms with Crippen molar-refractivity contribution < 1.29 is 14.6 Å². The van der Waals surface area contributed by atoms with Gasteiger partial charge in [0.1, 0.15) is 17.1 Å². The summed E-state index contributed by atoms with van der Waals surface area (Å²) in [7, 11) is 1.56. The molecule has 1 amide bonds. The maximum absolute atomic E-state index is 12.9. The van der Waals surface area contributed by atoms with Crippen LogP contribution >= 0.6 is 0 Å². The monoisotopic (exact) mass is 350 g/mol. The Bertz CT molecular complexity index is 1080. The third kappa shape index (κ3) is 2.34. The van der Waals surface area contributed by atoms with E-state index in [0.29, 0.717) is 28.8 Å². The fourth-order valence-corrected chi connectivity index (χ4v) is 3.59. The standard InChI is InChI=1S/C20H18N2O4/c1-11-10-12-4-3-5-15-17(12)22(11)20(25)16(18(15)23)19(24)21-13-6-8-14(26-2)9-7-13/h3-9,11,23H,10H2,1-2H3,(H,21,24)/t11-/m1/s1. The highest BCUT2D eigenvalue weighted by Crippen LogP contribution is 2.36. The van der Waals surface area contributed by atoms with Gasteiger partial charge in [-0.2, -0.15) is 0 Å². The Morgan fingerprint density at radius 3 is 2.65 bits per heavy atom. The lowest BCUT2D eigenvalue weighted by molar-refractivity contribution is 0.102. The molecule has 1 aliphatic rings. The minimum Gasteiger partial charge on any atom is -0.506 e. The minimum absolute atomic E-state index is 0.0597. The molecule has 0 radical (unpaired) electrons. The number of aromatic hydroxyl groups is 1. The van der Waals surface area contributed by atoms with Gasteiger partial charge >= 0.3 is 0 Å². The highest BCUT2D eigenvalue weighted by molar-refractivity contribution is 6.09. The second-order valence-electron chi connectivity index (χ2n) is 6.45. The van der Waals surface area contributed by atoms with Crippen LogP contribution in [0, 0.1) is 0 Å². The predicted octanol–water partition coefficient (Wildman–Crippen LogP) is 3.09. The number of pyridine rings is 1. The van der Waals surface area contributed by atoms with Crippen molar-refractivity contribution in [3.63, 3.8) is 0 Å². The Balaban J connectivity index is 1.82. The number of methoxy groups -OCH3 is 1. The Morgan fingerprint density at radius 1 is 1.23 bits per heavy atom. The normalized spacial score (nSPS) is 15.2. The van der Waals surface area contributed by atoms with Gasteiger partial charge in [0, 0.05) is 17.1 Å². The lowest BCUT2D eigenvalue weighted by Gasteiger charge is -2.14. The van der Waals surface area contributed by atoms with Gasteiger partial charge in [-0.15, -0.1) is 0 Å². The quantitative estimate of drug-likeness (QED) is 0.761. The van der Waals surface area contributed by atoms with Gasteiger partial charge in [0.15, 0.2) is 0 Å². The van der Waals surface area contributed by atoms with Gasteiger partial charge < -0.3 is 19.7 Å². The number of nitrogens with zero attached hydrogens (tertiary/aromatic N) is 1. The first-order chi connectivity index (χ1) is 12.5. The van der Waals surface area contributed by atoms with Crippen molar-refractivity contribution in [3.05, 3.63) is 63.9 Å². The second kappa shape index (κ2) is 5.91. The second-order valence-corrected chi connectivity index (χ2v) is 6.45. The van der Waals surface area contributed by atoms with Crippen LogP contribution < -0.4 is 15.6 Å². The number of amides is 1. The van der Waals surface area contributed by atoms with Crippen LogP contribution in [0.1, 0.15) is 28.9 Å². The number of rotatable bonds is 3. The summed E-state index contributed by atoms with van der Waals surface area (Å²) < 4.78 is 6.69. The number of benzene rings is 2. The SMILES string of the molecule is COc1ccc(NC(=O)c2c(O)c3cccc4c3n(c2=O)[C@H](C)C4)cc1. The third-order valence-electron chi connectivity index (χ3n) is 4.82. The molecule has 1 atom stereocenters. The molecule has 0 fully saturated rings. The molecule has 0 saturated heterocycles. The number of hydrogen-bond acceptors (Lipinski definition) is 4. The average Bonchev–Trinajstić information content (AvgIpc) is 2.97. The summed E-state index contributed by atoms with van der Waals surface area (Å²) in [5.41, 5.74) is 1.52. The first kappa shape index (κ1) is 16.2. The van der Waals surface area contributed by atoms with Crippen molar-refractivity contribution in [1.82, 2.24) is 4.57 Å². The molecule has 2 heterocycles. The fraction of sp³-hybridized carbons (Fsp3) is 0.200. The number of ether oxygens (including phenoxy) is 1. The molecule has 0 unspecified atom stereocenters. The van der Waals surface area contributed by atoms with E-state index in [4.69, 9.17) is 4.74 Å². The molecule has 6 nitrogen and oxygen atoms in total. The highest BCUT2D eigenvalue weighted by atomic mass is 16.5. The molecule has 132 valence electrons. The van der Waals surface area contributed by atoms with Crippen LogP contribution in [-0.2, 0) is 6.42 Å². The highest BCUT2D eigenvalue weighted by Gasteiger charge is 2.29. The molecule has 1 aromatic heterocycles. The van der Waals surface area contributed by atoms with E-state index < -0.39 is 11.5 Å². The smallest absolute Gasteiger partial charge is 0.268 e. The van der Waals surface area contributed by atoms with E-state index in [-0.39, 0.29) is 17.4 Å². The van der Waals surface area contributed by atoms with Crippen molar-refractivity contribution >= 4 is 22.5 Å². The molecular formula is C20H18N2O4. The molecule has 2 aromatic carbocycles. The summed E-state index contributed by atoms with van der Waals surface area (Å²) in [5.74, 6) is -0.248. The summed E-state index contributed by atoms with van der Waals surface area (Å²) in [6.07, 6.45) is 0.704. The Morgan fingerprint density at radius 2 is 1.96 bits per heavy atom. The summed E-state index contributed by atoms with van der Waals surface area (Å²) >= 11 is 0. The van der Waals surface area contributed by atoms with Crippen molar-refractivity contribution in [2.24, 2.45) is 0 Å². The average molecular weight is 350 g/mol.